The molecule has 1 aromatic carbocycles. The van der Waals surface area contributed by atoms with Gasteiger partial charge in [0.25, 0.3) is 0 Å². The Morgan fingerprint density at radius 3 is 2.60 bits per heavy atom. The highest BCUT2D eigenvalue weighted by molar-refractivity contribution is 5.85. The van der Waals surface area contributed by atoms with E-state index in [9.17, 15) is 13.6 Å². The molecule has 0 bridgehead atoms. The summed E-state index contributed by atoms with van der Waals surface area (Å²) in [5.41, 5.74) is 0.104. The molecule has 1 saturated heterocycles. The maximum atomic E-state index is 13.6. The lowest BCUT2D eigenvalue weighted by atomic mass is 10.1. The zero-order valence-electron chi connectivity index (χ0n) is 10.9. The number of hydrogen-bond donors (Lipinski definition) is 2. The second-order valence-electron chi connectivity index (χ2n) is 5.24. The molecule has 3 atom stereocenters. The Morgan fingerprint density at radius 1 is 1.30 bits per heavy atom. The lowest BCUT2D eigenvalue weighted by Gasteiger charge is -2.11. The summed E-state index contributed by atoms with van der Waals surface area (Å²) in [4.78, 5) is 11.9. The lowest BCUT2D eigenvalue weighted by Crippen LogP contribution is -2.41. The molecule has 6 heteroatoms. The summed E-state index contributed by atoms with van der Waals surface area (Å²) < 4.78 is 27.2. The molecular weight excluding hydrogens is 286 g/mol. The van der Waals surface area contributed by atoms with Crippen LogP contribution in [0.5, 0.6) is 0 Å². The molecule has 1 amide bonds. The molecule has 1 aliphatic heterocycles. The van der Waals surface area contributed by atoms with Gasteiger partial charge in [-0.25, -0.2) is 8.78 Å². The van der Waals surface area contributed by atoms with Gasteiger partial charge in [0, 0.05) is 17.5 Å². The van der Waals surface area contributed by atoms with Crippen molar-refractivity contribution in [3.63, 3.8) is 0 Å². The number of rotatable bonds is 3. The Bertz CT molecular complexity index is 486. The van der Waals surface area contributed by atoms with Gasteiger partial charge in [-0.05, 0) is 37.9 Å². The molecule has 3 nitrogen and oxygen atoms in total. The van der Waals surface area contributed by atoms with Crippen LogP contribution in [0.15, 0.2) is 18.2 Å². The molecule has 0 radical (unpaired) electrons. The van der Waals surface area contributed by atoms with Crippen LogP contribution < -0.4 is 10.6 Å². The van der Waals surface area contributed by atoms with Gasteiger partial charge in [-0.2, -0.15) is 0 Å². The van der Waals surface area contributed by atoms with Gasteiger partial charge in [0.05, 0.1) is 6.04 Å². The summed E-state index contributed by atoms with van der Waals surface area (Å²) in [6.07, 6.45) is 2.43. The van der Waals surface area contributed by atoms with E-state index in [2.05, 4.69) is 10.6 Å². The largest absolute Gasteiger partial charge is 0.351 e. The van der Waals surface area contributed by atoms with E-state index < -0.39 is 11.6 Å². The lowest BCUT2D eigenvalue weighted by molar-refractivity contribution is -0.122. The number of hydrogen-bond acceptors (Lipinski definition) is 2. The minimum absolute atomic E-state index is 0. The smallest absolute Gasteiger partial charge is 0.237 e. The van der Waals surface area contributed by atoms with E-state index in [1.165, 1.54) is 18.2 Å². The minimum atomic E-state index is -0.527. The first kappa shape index (κ1) is 15.2. The van der Waals surface area contributed by atoms with Crippen molar-refractivity contribution in [2.24, 2.45) is 0 Å². The fourth-order valence-electron chi connectivity index (χ4n) is 2.73. The van der Waals surface area contributed by atoms with Crippen LogP contribution in [0, 0.1) is 11.6 Å². The molecule has 1 heterocycles. The first-order valence-corrected chi connectivity index (χ1v) is 6.64. The molecule has 110 valence electrons. The molecule has 3 rings (SSSR count). The van der Waals surface area contributed by atoms with E-state index in [1.807, 2.05) is 0 Å². The van der Waals surface area contributed by atoms with Gasteiger partial charge in [0.1, 0.15) is 11.6 Å². The first-order chi connectivity index (χ1) is 9.16. The van der Waals surface area contributed by atoms with E-state index in [-0.39, 0.29) is 41.9 Å². The zero-order valence-corrected chi connectivity index (χ0v) is 11.7. The number of amides is 1. The predicted molar refractivity (Wildman–Crippen MR) is 73.9 cm³/mol. The van der Waals surface area contributed by atoms with E-state index in [1.54, 1.807) is 0 Å². The molecule has 20 heavy (non-hydrogen) atoms. The molecule has 0 aromatic heterocycles. The van der Waals surface area contributed by atoms with Crippen LogP contribution in [-0.2, 0) is 4.79 Å². The Kier molecular flexibility index (Phi) is 4.60. The van der Waals surface area contributed by atoms with Crippen molar-refractivity contribution in [2.75, 3.05) is 6.54 Å². The quantitative estimate of drug-likeness (QED) is 0.898. The normalized spacial score (nSPS) is 27.8. The minimum Gasteiger partial charge on any atom is -0.351 e. The summed E-state index contributed by atoms with van der Waals surface area (Å²) in [6.45, 7) is 0.855. The third-order valence-corrected chi connectivity index (χ3v) is 3.87. The Hall–Kier alpha value is -1.20. The fraction of sp³-hybridized carbons (Fsp3) is 0.500. The molecule has 2 aliphatic rings. The van der Waals surface area contributed by atoms with Crippen molar-refractivity contribution in [3.8, 4) is 0 Å². The highest BCUT2D eigenvalue weighted by Crippen LogP contribution is 2.43. The standard InChI is InChI=1S/C14H16F2N2O.ClH/c15-9-3-1-4-10(16)13(9)8-7-12(8)18-14(19)11-5-2-6-17-11;/h1,3-4,8,11-12,17H,2,5-7H2,(H,18,19);1H. The highest BCUT2D eigenvalue weighted by atomic mass is 35.5. The van der Waals surface area contributed by atoms with Crippen molar-refractivity contribution in [3.05, 3.63) is 35.4 Å². The van der Waals surface area contributed by atoms with Crippen molar-refractivity contribution >= 4 is 18.3 Å². The van der Waals surface area contributed by atoms with E-state index >= 15 is 0 Å². The van der Waals surface area contributed by atoms with Crippen LogP contribution in [-0.4, -0.2) is 24.5 Å². The van der Waals surface area contributed by atoms with Gasteiger partial charge in [0.2, 0.25) is 5.91 Å². The molecule has 2 N–H and O–H groups in total. The highest BCUT2D eigenvalue weighted by Gasteiger charge is 2.43. The maximum Gasteiger partial charge on any atom is 0.237 e. The van der Waals surface area contributed by atoms with E-state index in [0.29, 0.717) is 6.42 Å². The second-order valence-corrected chi connectivity index (χ2v) is 5.24. The average Bonchev–Trinajstić information content (AvgIpc) is 2.92. The predicted octanol–water partition coefficient (Wildman–Crippen LogP) is 2.11. The molecule has 1 aliphatic carbocycles. The van der Waals surface area contributed by atoms with Gasteiger partial charge in [-0.1, -0.05) is 6.07 Å². The molecule has 1 aromatic rings. The molecular formula is C14H17ClF2N2O. The summed E-state index contributed by atoms with van der Waals surface area (Å²) in [5.74, 6) is -1.34. The van der Waals surface area contributed by atoms with E-state index in [0.717, 1.165) is 19.4 Å². The Morgan fingerprint density at radius 2 is 2.00 bits per heavy atom. The van der Waals surface area contributed by atoms with E-state index in [4.69, 9.17) is 0 Å². The van der Waals surface area contributed by atoms with Crippen molar-refractivity contribution < 1.29 is 13.6 Å². The SMILES string of the molecule is Cl.O=C(NC1CC1c1c(F)cccc1F)C1CCCN1. The molecule has 3 unspecified atom stereocenters. The molecule has 1 saturated carbocycles. The van der Waals surface area contributed by atoms with Crippen LogP contribution >= 0.6 is 12.4 Å². The summed E-state index contributed by atoms with van der Waals surface area (Å²) >= 11 is 0. The number of halogens is 3. The number of benzene rings is 1. The third kappa shape index (κ3) is 2.94. The maximum absolute atomic E-state index is 13.6. The van der Waals surface area contributed by atoms with Crippen LogP contribution in [0.25, 0.3) is 0 Å². The Labute approximate surface area is 122 Å². The summed E-state index contributed by atoms with van der Waals surface area (Å²) in [6, 6.07) is 3.59. The fourth-order valence-corrected chi connectivity index (χ4v) is 2.73. The van der Waals surface area contributed by atoms with Crippen molar-refractivity contribution in [1.82, 2.24) is 10.6 Å². The summed E-state index contributed by atoms with van der Waals surface area (Å²) in [7, 11) is 0. The van der Waals surface area contributed by atoms with Gasteiger partial charge in [0.15, 0.2) is 0 Å². The van der Waals surface area contributed by atoms with Crippen LogP contribution in [0.2, 0.25) is 0 Å². The second kappa shape index (κ2) is 6.06. The average molecular weight is 303 g/mol. The molecule has 0 spiro atoms. The van der Waals surface area contributed by atoms with Crippen molar-refractivity contribution in [2.45, 2.75) is 37.3 Å². The van der Waals surface area contributed by atoms with Crippen LogP contribution in [0.3, 0.4) is 0 Å². The van der Waals surface area contributed by atoms with Crippen LogP contribution in [0.1, 0.15) is 30.7 Å². The third-order valence-electron chi connectivity index (χ3n) is 3.87. The zero-order chi connectivity index (χ0) is 13.4. The van der Waals surface area contributed by atoms with Gasteiger partial charge in [-0.15, -0.1) is 12.4 Å². The van der Waals surface area contributed by atoms with Gasteiger partial charge >= 0.3 is 0 Å². The summed E-state index contributed by atoms with van der Waals surface area (Å²) in [5, 5.41) is 5.97. The van der Waals surface area contributed by atoms with Gasteiger partial charge in [-0.3, -0.25) is 4.79 Å². The Balaban J connectivity index is 0.00000147. The number of carbonyl (C=O) groups excluding carboxylic acids is 1. The van der Waals surface area contributed by atoms with Crippen LogP contribution in [0.4, 0.5) is 8.78 Å². The van der Waals surface area contributed by atoms with Crippen molar-refractivity contribution in [1.29, 1.82) is 0 Å². The molecule has 2 fully saturated rings. The monoisotopic (exact) mass is 302 g/mol. The van der Waals surface area contributed by atoms with Gasteiger partial charge < -0.3 is 10.6 Å². The first-order valence-electron chi connectivity index (χ1n) is 6.64. The number of nitrogens with one attached hydrogen (secondary N) is 2. The topological polar surface area (TPSA) is 41.1 Å². The number of carbonyl (C=O) groups is 1.